The van der Waals surface area contributed by atoms with Crippen LogP contribution in [0.2, 0.25) is 0 Å². The first-order valence-electron chi connectivity index (χ1n) is 6.45. The average Bonchev–Trinajstić information content (AvgIpc) is 2.78. The monoisotopic (exact) mass is 246 g/mol. The maximum absolute atomic E-state index is 6.11. The molecule has 1 aromatic rings. The Kier molecular flexibility index (Phi) is 2.47. The van der Waals surface area contributed by atoms with Crippen LogP contribution in [0.15, 0.2) is 18.3 Å². The van der Waals surface area contributed by atoms with Gasteiger partial charge in [0.05, 0.1) is 11.2 Å². The summed E-state index contributed by atoms with van der Waals surface area (Å²) in [4.78, 5) is 4.33. The first-order chi connectivity index (χ1) is 8.41. The standard InChI is InChI=1S/C13H19BN2O2/c1-12(2)13(3,4)18-14(17-12)10-8-16-11-9(10)6-5-7-15-11/h5-7,10H,8H2,1-4H3,(H,15,16). The third kappa shape index (κ3) is 1.65. The molecule has 1 aromatic heterocycles. The quantitative estimate of drug-likeness (QED) is 0.771. The molecule has 0 saturated carbocycles. The fourth-order valence-electron chi connectivity index (χ4n) is 2.48. The van der Waals surface area contributed by atoms with Gasteiger partial charge in [0.1, 0.15) is 5.82 Å². The number of nitrogens with zero attached hydrogens (tertiary/aromatic N) is 1. The van der Waals surface area contributed by atoms with Crippen molar-refractivity contribution in [3.63, 3.8) is 0 Å². The Morgan fingerprint density at radius 1 is 1.28 bits per heavy atom. The molecular weight excluding hydrogens is 227 g/mol. The number of nitrogens with one attached hydrogen (secondary N) is 1. The maximum atomic E-state index is 6.11. The van der Waals surface area contributed by atoms with Gasteiger partial charge in [-0.15, -0.1) is 0 Å². The Balaban J connectivity index is 1.87. The number of hydrogen-bond acceptors (Lipinski definition) is 4. The summed E-state index contributed by atoms with van der Waals surface area (Å²) in [5.74, 6) is 1.17. The van der Waals surface area contributed by atoms with Crippen LogP contribution in [0.1, 0.15) is 39.1 Å². The van der Waals surface area contributed by atoms with Crippen LogP contribution in [0.4, 0.5) is 5.82 Å². The van der Waals surface area contributed by atoms with Crippen LogP contribution in [-0.2, 0) is 9.31 Å². The summed E-state index contributed by atoms with van der Waals surface area (Å²) in [5, 5.41) is 3.31. The van der Waals surface area contributed by atoms with Gasteiger partial charge in [0.15, 0.2) is 0 Å². The van der Waals surface area contributed by atoms with Gasteiger partial charge in [0, 0.05) is 18.6 Å². The zero-order chi connectivity index (χ0) is 13.0. The molecule has 0 aliphatic carbocycles. The third-order valence-electron chi connectivity index (χ3n) is 4.33. The van der Waals surface area contributed by atoms with Crippen LogP contribution < -0.4 is 5.32 Å². The number of rotatable bonds is 1. The smallest absolute Gasteiger partial charge is 0.403 e. The molecule has 5 heteroatoms. The minimum atomic E-state index is -0.275. The van der Waals surface area contributed by atoms with E-state index in [1.54, 1.807) is 6.20 Å². The van der Waals surface area contributed by atoms with Gasteiger partial charge in [-0.05, 0) is 39.3 Å². The molecular formula is C13H19BN2O2. The summed E-state index contributed by atoms with van der Waals surface area (Å²) in [7, 11) is -0.201. The normalized spacial score (nSPS) is 28.0. The maximum Gasteiger partial charge on any atom is 0.467 e. The van der Waals surface area contributed by atoms with Crippen molar-refractivity contribution in [3.8, 4) is 0 Å². The van der Waals surface area contributed by atoms with Gasteiger partial charge in [-0.1, -0.05) is 6.07 Å². The molecule has 1 fully saturated rings. The zero-order valence-corrected chi connectivity index (χ0v) is 11.4. The van der Waals surface area contributed by atoms with E-state index in [9.17, 15) is 0 Å². The van der Waals surface area contributed by atoms with E-state index in [2.05, 4.69) is 44.1 Å². The summed E-state index contributed by atoms with van der Waals surface area (Å²) in [6.45, 7) is 9.15. The summed E-state index contributed by atoms with van der Waals surface area (Å²) in [5.41, 5.74) is 0.640. The fourth-order valence-corrected chi connectivity index (χ4v) is 2.48. The molecule has 4 nitrogen and oxygen atoms in total. The molecule has 0 aromatic carbocycles. The van der Waals surface area contributed by atoms with Crippen LogP contribution in [0, 0.1) is 0 Å². The summed E-state index contributed by atoms with van der Waals surface area (Å²) >= 11 is 0. The molecule has 0 amide bonds. The molecule has 3 rings (SSSR count). The highest BCUT2D eigenvalue weighted by molar-refractivity contribution is 6.48. The molecule has 2 aliphatic rings. The fraction of sp³-hybridized carbons (Fsp3) is 0.615. The van der Waals surface area contributed by atoms with Crippen LogP contribution in [0.3, 0.4) is 0 Å². The number of fused-ring (bicyclic) bond motifs is 1. The van der Waals surface area contributed by atoms with Crippen LogP contribution in [-0.4, -0.2) is 29.8 Å². The molecule has 0 bridgehead atoms. The van der Waals surface area contributed by atoms with Crippen molar-refractivity contribution in [1.82, 2.24) is 4.98 Å². The van der Waals surface area contributed by atoms with E-state index in [0.717, 1.165) is 12.4 Å². The molecule has 1 atom stereocenters. The molecule has 96 valence electrons. The Bertz CT molecular complexity index is 460. The highest BCUT2D eigenvalue weighted by atomic mass is 16.7. The molecule has 0 spiro atoms. The van der Waals surface area contributed by atoms with Gasteiger partial charge >= 0.3 is 7.12 Å². The Hall–Kier alpha value is -1.07. The number of aromatic nitrogens is 1. The van der Waals surface area contributed by atoms with Crippen LogP contribution in [0.25, 0.3) is 0 Å². The second kappa shape index (κ2) is 3.71. The highest BCUT2D eigenvalue weighted by Gasteiger charge is 2.55. The van der Waals surface area contributed by atoms with Crippen molar-refractivity contribution in [3.05, 3.63) is 23.9 Å². The lowest BCUT2D eigenvalue weighted by Crippen LogP contribution is -2.41. The van der Waals surface area contributed by atoms with E-state index in [0.29, 0.717) is 0 Å². The third-order valence-corrected chi connectivity index (χ3v) is 4.33. The van der Waals surface area contributed by atoms with Gasteiger partial charge in [-0.2, -0.15) is 0 Å². The van der Waals surface area contributed by atoms with Gasteiger partial charge in [-0.25, -0.2) is 4.98 Å². The molecule has 1 saturated heterocycles. The van der Waals surface area contributed by atoms with Gasteiger partial charge in [-0.3, -0.25) is 0 Å². The van der Waals surface area contributed by atoms with Gasteiger partial charge < -0.3 is 14.6 Å². The highest BCUT2D eigenvalue weighted by Crippen LogP contribution is 2.43. The largest absolute Gasteiger partial charge is 0.467 e. The average molecular weight is 246 g/mol. The Labute approximate surface area is 108 Å². The zero-order valence-electron chi connectivity index (χ0n) is 11.4. The van der Waals surface area contributed by atoms with Crippen molar-refractivity contribution in [2.45, 2.75) is 44.7 Å². The lowest BCUT2D eigenvalue weighted by Gasteiger charge is -2.32. The van der Waals surface area contributed by atoms with Crippen LogP contribution >= 0.6 is 0 Å². The van der Waals surface area contributed by atoms with Crippen molar-refractivity contribution >= 4 is 12.9 Å². The molecule has 1 unspecified atom stereocenters. The molecule has 0 radical (unpaired) electrons. The summed E-state index contributed by atoms with van der Waals surface area (Å²) < 4.78 is 12.2. The van der Waals surface area contributed by atoms with Crippen molar-refractivity contribution in [2.24, 2.45) is 0 Å². The van der Waals surface area contributed by atoms with Crippen LogP contribution in [0.5, 0.6) is 0 Å². The first kappa shape index (κ1) is 12.0. The predicted octanol–water partition coefficient (Wildman–Crippen LogP) is 2.22. The SMILES string of the molecule is CC1(C)OB(C2CNc3ncccc32)OC1(C)C. The van der Waals surface area contributed by atoms with E-state index in [4.69, 9.17) is 9.31 Å². The molecule has 18 heavy (non-hydrogen) atoms. The summed E-state index contributed by atoms with van der Waals surface area (Å²) in [6.07, 6.45) is 1.80. The Morgan fingerprint density at radius 2 is 1.94 bits per heavy atom. The van der Waals surface area contributed by atoms with Crippen molar-refractivity contribution < 1.29 is 9.31 Å². The predicted molar refractivity (Wildman–Crippen MR) is 71.5 cm³/mol. The van der Waals surface area contributed by atoms with Gasteiger partial charge in [0.25, 0.3) is 0 Å². The summed E-state index contributed by atoms with van der Waals surface area (Å²) in [6, 6.07) is 4.06. The molecule has 2 aliphatic heterocycles. The molecule has 1 N–H and O–H groups in total. The van der Waals surface area contributed by atoms with E-state index in [-0.39, 0.29) is 24.1 Å². The number of hydrogen-bond donors (Lipinski definition) is 1. The lowest BCUT2D eigenvalue weighted by molar-refractivity contribution is 0.00578. The van der Waals surface area contributed by atoms with E-state index < -0.39 is 0 Å². The topological polar surface area (TPSA) is 43.4 Å². The van der Waals surface area contributed by atoms with Gasteiger partial charge in [0.2, 0.25) is 0 Å². The number of anilines is 1. The van der Waals surface area contributed by atoms with Crippen molar-refractivity contribution in [2.75, 3.05) is 11.9 Å². The van der Waals surface area contributed by atoms with E-state index in [1.165, 1.54) is 5.56 Å². The van der Waals surface area contributed by atoms with E-state index in [1.807, 2.05) is 6.07 Å². The minimum Gasteiger partial charge on any atom is -0.403 e. The van der Waals surface area contributed by atoms with Crippen molar-refractivity contribution in [1.29, 1.82) is 0 Å². The lowest BCUT2D eigenvalue weighted by atomic mass is 9.69. The van der Waals surface area contributed by atoms with E-state index >= 15 is 0 Å². The minimum absolute atomic E-state index is 0.201. The Morgan fingerprint density at radius 3 is 2.61 bits per heavy atom. The molecule has 3 heterocycles. The number of pyridine rings is 1. The second-order valence-electron chi connectivity index (χ2n) is 6.05. The first-order valence-corrected chi connectivity index (χ1v) is 6.45. The second-order valence-corrected chi connectivity index (χ2v) is 6.05.